The molecule has 0 bridgehead atoms. The Kier molecular flexibility index (Phi) is 7.52. The molecule has 30 heavy (non-hydrogen) atoms. The lowest BCUT2D eigenvalue weighted by Crippen LogP contribution is -2.25. The van der Waals surface area contributed by atoms with Gasteiger partial charge in [0.05, 0.1) is 0 Å². The SMILES string of the molecule is CC=CCOc1ccc2cc(C3CCC(C4CCC(CCC)CC4)CC3)ccc2c1. The second-order valence-corrected chi connectivity index (χ2v) is 9.83. The van der Waals surface area contributed by atoms with Crippen molar-refractivity contribution in [1.29, 1.82) is 0 Å². The summed E-state index contributed by atoms with van der Waals surface area (Å²) in [7, 11) is 0. The third-order valence-corrected chi connectivity index (χ3v) is 7.92. The van der Waals surface area contributed by atoms with Crippen molar-refractivity contribution in [2.45, 2.75) is 84.0 Å². The average molecular weight is 405 g/mol. The molecule has 0 N–H and O–H groups in total. The van der Waals surface area contributed by atoms with Crippen molar-refractivity contribution in [3.05, 3.63) is 54.1 Å². The molecule has 0 spiro atoms. The molecule has 1 nitrogen and oxygen atoms in total. The second-order valence-electron chi connectivity index (χ2n) is 9.83. The number of fused-ring (bicyclic) bond motifs is 1. The molecule has 0 aliphatic heterocycles. The van der Waals surface area contributed by atoms with Gasteiger partial charge in [-0.25, -0.2) is 0 Å². The first-order valence-corrected chi connectivity index (χ1v) is 12.5. The zero-order valence-electron chi connectivity index (χ0n) is 19.1. The lowest BCUT2D eigenvalue weighted by molar-refractivity contribution is 0.156. The summed E-state index contributed by atoms with van der Waals surface area (Å²) in [6, 6.07) is 13.6. The molecular formula is C29H40O. The van der Waals surface area contributed by atoms with Crippen molar-refractivity contribution in [2.75, 3.05) is 6.61 Å². The van der Waals surface area contributed by atoms with Crippen LogP contribution in [-0.2, 0) is 0 Å². The number of rotatable bonds is 7. The Balaban J connectivity index is 1.32. The van der Waals surface area contributed by atoms with Gasteiger partial charge in [0.25, 0.3) is 0 Å². The van der Waals surface area contributed by atoms with Gasteiger partial charge in [-0.1, -0.05) is 69.0 Å². The number of allylic oxidation sites excluding steroid dienone is 1. The first kappa shape index (κ1) is 21.5. The van der Waals surface area contributed by atoms with Gasteiger partial charge in [0, 0.05) is 0 Å². The Labute approximate surface area is 183 Å². The van der Waals surface area contributed by atoms with E-state index < -0.39 is 0 Å². The first-order chi connectivity index (χ1) is 14.8. The molecule has 1 heteroatoms. The second kappa shape index (κ2) is 10.5. The van der Waals surface area contributed by atoms with Gasteiger partial charge in [-0.2, -0.15) is 0 Å². The maximum Gasteiger partial charge on any atom is 0.120 e. The topological polar surface area (TPSA) is 9.23 Å². The van der Waals surface area contributed by atoms with E-state index in [0.717, 1.165) is 29.4 Å². The minimum absolute atomic E-state index is 0.642. The zero-order chi connectivity index (χ0) is 20.8. The van der Waals surface area contributed by atoms with Gasteiger partial charge in [0.15, 0.2) is 0 Å². The number of ether oxygens (including phenoxy) is 1. The molecule has 0 saturated heterocycles. The van der Waals surface area contributed by atoms with E-state index in [2.05, 4.69) is 43.3 Å². The molecule has 0 radical (unpaired) electrons. The van der Waals surface area contributed by atoms with Crippen LogP contribution in [0.25, 0.3) is 10.8 Å². The van der Waals surface area contributed by atoms with Crippen LogP contribution in [0.3, 0.4) is 0 Å². The van der Waals surface area contributed by atoms with Crippen molar-refractivity contribution in [3.63, 3.8) is 0 Å². The van der Waals surface area contributed by atoms with Crippen molar-refractivity contribution < 1.29 is 4.74 Å². The van der Waals surface area contributed by atoms with E-state index in [0.29, 0.717) is 6.61 Å². The molecule has 0 atom stereocenters. The van der Waals surface area contributed by atoms with E-state index in [9.17, 15) is 0 Å². The number of hydrogen-bond acceptors (Lipinski definition) is 1. The van der Waals surface area contributed by atoms with Gasteiger partial charge in [0.2, 0.25) is 0 Å². The number of benzene rings is 2. The van der Waals surface area contributed by atoms with Gasteiger partial charge in [-0.15, -0.1) is 0 Å². The van der Waals surface area contributed by atoms with E-state index >= 15 is 0 Å². The highest BCUT2D eigenvalue weighted by atomic mass is 16.5. The highest BCUT2D eigenvalue weighted by Crippen LogP contribution is 2.44. The summed E-state index contributed by atoms with van der Waals surface area (Å²) < 4.78 is 5.80. The monoisotopic (exact) mass is 404 g/mol. The Hall–Kier alpha value is -1.76. The normalized spacial score (nSPS) is 27.5. The molecule has 2 aliphatic carbocycles. The summed E-state index contributed by atoms with van der Waals surface area (Å²) >= 11 is 0. The summed E-state index contributed by atoms with van der Waals surface area (Å²) in [4.78, 5) is 0. The molecule has 2 aromatic rings. The third-order valence-electron chi connectivity index (χ3n) is 7.92. The summed E-state index contributed by atoms with van der Waals surface area (Å²) in [5, 5.41) is 2.64. The van der Waals surface area contributed by atoms with Crippen molar-refractivity contribution in [1.82, 2.24) is 0 Å². The largest absolute Gasteiger partial charge is 0.490 e. The molecule has 0 heterocycles. The van der Waals surface area contributed by atoms with Crippen LogP contribution in [-0.4, -0.2) is 6.61 Å². The summed E-state index contributed by atoms with van der Waals surface area (Å²) in [5.41, 5.74) is 1.55. The fraction of sp³-hybridized carbons (Fsp3) is 0.586. The smallest absolute Gasteiger partial charge is 0.120 e. The van der Waals surface area contributed by atoms with E-state index in [-0.39, 0.29) is 0 Å². The molecule has 0 aromatic heterocycles. The lowest BCUT2D eigenvalue weighted by atomic mass is 9.68. The van der Waals surface area contributed by atoms with Gasteiger partial charge in [-0.05, 0) is 97.6 Å². The van der Waals surface area contributed by atoms with E-state index in [1.807, 2.05) is 19.1 Å². The van der Waals surface area contributed by atoms with Gasteiger partial charge >= 0.3 is 0 Å². The number of hydrogen-bond donors (Lipinski definition) is 0. The van der Waals surface area contributed by atoms with Crippen LogP contribution in [0, 0.1) is 17.8 Å². The maximum atomic E-state index is 5.80. The minimum Gasteiger partial charge on any atom is -0.490 e. The molecule has 4 rings (SSSR count). The van der Waals surface area contributed by atoms with Gasteiger partial charge in [0.1, 0.15) is 12.4 Å². The van der Waals surface area contributed by atoms with Gasteiger partial charge in [-0.3, -0.25) is 0 Å². The van der Waals surface area contributed by atoms with Crippen LogP contribution in [0.2, 0.25) is 0 Å². The molecular weight excluding hydrogens is 364 g/mol. The average Bonchev–Trinajstić information content (AvgIpc) is 2.80. The highest BCUT2D eigenvalue weighted by Gasteiger charge is 2.31. The lowest BCUT2D eigenvalue weighted by Gasteiger charge is -2.38. The van der Waals surface area contributed by atoms with Crippen LogP contribution in [0.15, 0.2) is 48.6 Å². The van der Waals surface area contributed by atoms with Crippen molar-refractivity contribution in [3.8, 4) is 5.75 Å². The molecule has 2 saturated carbocycles. The Morgan fingerprint density at radius 1 is 0.833 bits per heavy atom. The summed E-state index contributed by atoms with van der Waals surface area (Å²) in [6.45, 7) is 5.01. The fourth-order valence-corrected chi connectivity index (χ4v) is 6.11. The maximum absolute atomic E-state index is 5.80. The highest BCUT2D eigenvalue weighted by molar-refractivity contribution is 5.84. The van der Waals surface area contributed by atoms with Crippen molar-refractivity contribution >= 4 is 10.8 Å². The Morgan fingerprint density at radius 3 is 2.20 bits per heavy atom. The quantitative estimate of drug-likeness (QED) is 0.419. The van der Waals surface area contributed by atoms with Crippen LogP contribution >= 0.6 is 0 Å². The molecule has 2 aliphatic rings. The van der Waals surface area contributed by atoms with E-state index in [1.54, 1.807) is 5.56 Å². The van der Waals surface area contributed by atoms with Crippen LogP contribution in [0.5, 0.6) is 5.75 Å². The zero-order valence-corrected chi connectivity index (χ0v) is 19.1. The first-order valence-electron chi connectivity index (χ1n) is 12.5. The molecule has 0 unspecified atom stereocenters. The third kappa shape index (κ3) is 5.29. The Bertz CT molecular complexity index is 819. The predicted molar refractivity (Wildman–Crippen MR) is 129 cm³/mol. The summed E-state index contributed by atoms with van der Waals surface area (Å²) in [6.07, 6.45) is 18.6. The van der Waals surface area contributed by atoms with Crippen molar-refractivity contribution in [2.24, 2.45) is 17.8 Å². The molecule has 2 fully saturated rings. The fourth-order valence-electron chi connectivity index (χ4n) is 6.11. The molecule has 0 amide bonds. The molecule has 162 valence electrons. The van der Waals surface area contributed by atoms with Crippen LogP contribution < -0.4 is 4.74 Å². The van der Waals surface area contributed by atoms with Crippen LogP contribution in [0.4, 0.5) is 0 Å². The summed E-state index contributed by atoms with van der Waals surface area (Å²) in [5.74, 6) is 4.78. The van der Waals surface area contributed by atoms with E-state index in [1.165, 1.54) is 75.0 Å². The van der Waals surface area contributed by atoms with Gasteiger partial charge < -0.3 is 4.74 Å². The predicted octanol–water partition coefficient (Wildman–Crippen LogP) is 8.68. The Morgan fingerprint density at radius 2 is 1.50 bits per heavy atom. The van der Waals surface area contributed by atoms with Crippen LogP contribution in [0.1, 0.15) is 89.5 Å². The molecule has 2 aromatic carbocycles. The standard InChI is InChI=1S/C29H40O/c1-3-5-19-30-29-18-17-27-20-26(15-16-28(27)21-29)25-13-11-24(12-14-25)23-9-7-22(6-4-2)8-10-23/h3,5,15-18,20-25H,4,6-14,19H2,1-2H3. The van der Waals surface area contributed by atoms with E-state index in [4.69, 9.17) is 4.74 Å². The minimum atomic E-state index is 0.642.